The maximum atomic E-state index is 13.1. The average Bonchev–Trinajstić information content (AvgIpc) is 2.39. The molecular weight excluding hydrogens is 267 g/mol. The molecule has 0 saturated heterocycles. The van der Waals surface area contributed by atoms with E-state index in [0.29, 0.717) is 17.2 Å². The van der Waals surface area contributed by atoms with Gasteiger partial charge in [-0.15, -0.1) is 0 Å². The first kappa shape index (κ1) is 13.7. The molecule has 0 saturated carbocycles. The summed E-state index contributed by atoms with van der Waals surface area (Å²) in [6.07, 6.45) is 0.745. The summed E-state index contributed by atoms with van der Waals surface area (Å²) in [4.78, 5) is 8.75. The molecule has 100 valence electrons. The van der Waals surface area contributed by atoms with E-state index in [1.165, 1.54) is 12.1 Å². The Morgan fingerprint density at radius 1 is 1.37 bits per heavy atom. The summed E-state index contributed by atoms with van der Waals surface area (Å²) in [6.45, 7) is 3.88. The highest BCUT2D eigenvalue weighted by Crippen LogP contribution is 2.28. The number of hydrazine groups is 1. The highest BCUT2D eigenvalue weighted by Gasteiger charge is 2.13. The smallest absolute Gasteiger partial charge is 0.163 e. The van der Waals surface area contributed by atoms with E-state index in [-0.39, 0.29) is 5.02 Å². The number of benzene rings is 1. The van der Waals surface area contributed by atoms with Crippen molar-refractivity contribution in [2.24, 2.45) is 5.84 Å². The highest BCUT2D eigenvalue weighted by atomic mass is 35.5. The normalized spacial score (nSPS) is 10.6. The van der Waals surface area contributed by atoms with Gasteiger partial charge in [0.1, 0.15) is 11.6 Å². The van der Waals surface area contributed by atoms with Gasteiger partial charge < -0.3 is 5.43 Å². The molecule has 4 nitrogen and oxygen atoms in total. The number of rotatable bonds is 3. The number of halogens is 2. The molecule has 0 aliphatic carbocycles. The van der Waals surface area contributed by atoms with Crippen LogP contribution in [0.3, 0.4) is 0 Å². The maximum absolute atomic E-state index is 13.1. The molecule has 0 unspecified atom stereocenters. The van der Waals surface area contributed by atoms with Gasteiger partial charge in [-0.05, 0) is 31.5 Å². The fourth-order valence-corrected chi connectivity index (χ4v) is 2.09. The molecule has 2 aromatic rings. The second-order valence-corrected chi connectivity index (χ2v) is 4.50. The standard InChI is InChI=1S/C13H14ClFN4/c1-3-11-7(2)12(19-16)18-13(17-11)9-5-4-8(15)6-10(9)14/h4-6H,3,16H2,1-2H3,(H,17,18,19). The zero-order valence-electron chi connectivity index (χ0n) is 10.7. The number of nitrogens with two attached hydrogens (primary N) is 1. The van der Waals surface area contributed by atoms with Crippen molar-refractivity contribution in [3.8, 4) is 11.4 Å². The van der Waals surface area contributed by atoms with Crippen LogP contribution in [-0.4, -0.2) is 9.97 Å². The second kappa shape index (κ2) is 5.50. The summed E-state index contributed by atoms with van der Waals surface area (Å²) in [5.41, 5.74) is 4.89. The Bertz CT molecular complexity index is 591. The van der Waals surface area contributed by atoms with Crippen LogP contribution in [0.5, 0.6) is 0 Å². The summed E-state index contributed by atoms with van der Waals surface area (Å²) in [5, 5.41) is 0.272. The second-order valence-electron chi connectivity index (χ2n) is 4.09. The zero-order chi connectivity index (χ0) is 14.0. The molecule has 0 aliphatic rings. The summed E-state index contributed by atoms with van der Waals surface area (Å²) >= 11 is 6.02. The predicted octanol–water partition coefficient (Wildman–Crippen LogP) is 3.09. The van der Waals surface area contributed by atoms with Gasteiger partial charge >= 0.3 is 0 Å². The molecule has 0 amide bonds. The third-order valence-corrected chi connectivity index (χ3v) is 3.20. The van der Waals surface area contributed by atoms with Crippen molar-refractivity contribution in [1.82, 2.24) is 9.97 Å². The van der Waals surface area contributed by atoms with E-state index >= 15 is 0 Å². The van der Waals surface area contributed by atoms with Crippen LogP contribution in [0.25, 0.3) is 11.4 Å². The lowest BCUT2D eigenvalue weighted by Gasteiger charge is -2.11. The number of anilines is 1. The van der Waals surface area contributed by atoms with Crippen LogP contribution >= 0.6 is 11.6 Å². The van der Waals surface area contributed by atoms with Gasteiger partial charge in [0, 0.05) is 16.8 Å². The number of hydrogen-bond donors (Lipinski definition) is 2. The summed E-state index contributed by atoms with van der Waals surface area (Å²) < 4.78 is 13.1. The highest BCUT2D eigenvalue weighted by molar-refractivity contribution is 6.33. The van der Waals surface area contributed by atoms with Gasteiger partial charge in [0.2, 0.25) is 0 Å². The number of nitrogens with zero attached hydrogens (tertiary/aromatic N) is 2. The van der Waals surface area contributed by atoms with Crippen LogP contribution in [0, 0.1) is 12.7 Å². The van der Waals surface area contributed by atoms with Crippen LogP contribution in [0.15, 0.2) is 18.2 Å². The van der Waals surface area contributed by atoms with Crippen molar-refractivity contribution in [3.05, 3.63) is 40.3 Å². The summed E-state index contributed by atoms with van der Waals surface area (Å²) in [5.74, 6) is 6.03. The Balaban J connectivity index is 2.62. The van der Waals surface area contributed by atoms with Gasteiger partial charge in [0.25, 0.3) is 0 Å². The zero-order valence-corrected chi connectivity index (χ0v) is 11.4. The molecule has 0 bridgehead atoms. The largest absolute Gasteiger partial charge is 0.308 e. The van der Waals surface area contributed by atoms with Gasteiger partial charge in [-0.2, -0.15) is 0 Å². The van der Waals surface area contributed by atoms with Crippen molar-refractivity contribution in [1.29, 1.82) is 0 Å². The van der Waals surface area contributed by atoms with E-state index < -0.39 is 5.82 Å². The number of nitrogen functional groups attached to an aromatic ring is 1. The Morgan fingerprint density at radius 2 is 2.11 bits per heavy atom. The molecular formula is C13H14ClFN4. The van der Waals surface area contributed by atoms with Gasteiger partial charge in [-0.25, -0.2) is 20.2 Å². The Morgan fingerprint density at radius 3 is 2.68 bits per heavy atom. The van der Waals surface area contributed by atoms with E-state index in [4.69, 9.17) is 17.4 Å². The third-order valence-electron chi connectivity index (χ3n) is 2.89. The first-order valence-electron chi connectivity index (χ1n) is 5.86. The summed E-state index contributed by atoms with van der Waals surface area (Å²) in [6, 6.07) is 4.12. The first-order valence-corrected chi connectivity index (χ1v) is 6.24. The quantitative estimate of drug-likeness (QED) is 0.670. The molecule has 0 fully saturated rings. The monoisotopic (exact) mass is 280 g/mol. The topological polar surface area (TPSA) is 63.8 Å². The van der Waals surface area contributed by atoms with Crippen LogP contribution in [0.1, 0.15) is 18.2 Å². The molecule has 0 spiro atoms. The predicted molar refractivity (Wildman–Crippen MR) is 74.4 cm³/mol. The number of hydrogen-bond acceptors (Lipinski definition) is 4. The number of aryl methyl sites for hydroxylation is 1. The SMILES string of the molecule is CCc1nc(-c2ccc(F)cc2Cl)nc(NN)c1C. The molecule has 2 rings (SSSR count). The van der Waals surface area contributed by atoms with Gasteiger partial charge in [-0.1, -0.05) is 18.5 Å². The van der Waals surface area contributed by atoms with Crippen LogP contribution in [0.4, 0.5) is 10.2 Å². The summed E-state index contributed by atoms with van der Waals surface area (Å²) in [7, 11) is 0. The Labute approximate surface area is 115 Å². The van der Waals surface area contributed by atoms with Crippen LogP contribution in [-0.2, 0) is 6.42 Å². The Hall–Kier alpha value is -1.72. The van der Waals surface area contributed by atoms with E-state index in [2.05, 4.69) is 15.4 Å². The fraction of sp³-hybridized carbons (Fsp3) is 0.231. The molecule has 3 N–H and O–H groups in total. The first-order chi connectivity index (χ1) is 9.06. The minimum atomic E-state index is -0.395. The minimum Gasteiger partial charge on any atom is -0.308 e. The maximum Gasteiger partial charge on any atom is 0.163 e. The van der Waals surface area contributed by atoms with Crippen molar-refractivity contribution >= 4 is 17.4 Å². The van der Waals surface area contributed by atoms with Crippen LogP contribution < -0.4 is 11.3 Å². The van der Waals surface area contributed by atoms with E-state index in [9.17, 15) is 4.39 Å². The molecule has 0 aliphatic heterocycles. The van der Waals surface area contributed by atoms with E-state index in [0.717, 1.165) is 17.7 Å². The van der Waals surface area contributed by atoms with Crippen molar-refractivity contribution in [3.63, 3.8) is 0 Å². The van der Waals surface area contributed by atoms with Crippen molar-refractivity contribution < 1.29 is 4.39 Å². The fourth-order valence-electron chi connectivity index (χ4n) is 1.84. The van der Waals surface area contributed by atoms with Gasteiger partial charge in [0.05, 0.1) is 5.02 Å². The van der Waals surface area contributed by atoms with E-state index in [1.54, 1.807) is 6.07 Å². The molecule has 1 heterocycles. The molecule has 19 heavy (non-hydrogen) atoms. The Kier molecular flexibility index (Phi) is 3.97. The lowest BCUT2D eigenvalue weighted by Crippen LogP contribution is -2.13. The van der Waals surface area contributed by atoms with Gasteiger partial charge in [0.15, 0.2) is 5.82 Å². The van der Waals surface area contributed by atoms with E-state index in [1.807, 2.05) is 13.8 Å². The third kappa shape index (κ3) is 2.67. The average molecular weight is 281 g/mol. The lowest BCUT2D eigenvalue weighted by molar-refractivity contribution is 0.628. The van der Waals surface area contributed by atoms with Gasteiger partial charge in [-0.3, -0.25) is 0 Å². The number of aromatic nitrogens is 2. The minimum absolute atomic E-state index is 0.272. The van der Waals surface area contributed by atoms with Crippen molar-refractivity contribution in [2.75, 3.05) is 5.43 Å². The molecule has 0 radical (unpaired) electrons. The number of nitrogens with one attached hydrogen (secondary N) is 1. The lowest BCUT2D eigenvalue weighted by atomic mass is 10.1. The van der Waals surface area contributed by atoms with Crippen LogP contribution in [0.2, 0.25) is 5.02 Å². The molecule has 1 aromatic carbocycles. The molecule has 1 aromatic heterocycles. The molecule has 6 heteroatoms. The molecule has 0 atom stereocenters. The van der Waals surface area contributed by atoms with Crippen molar-refractivity contribution in [2.45, 2.75) is 20.3 Å².